The van der Waals surface area contributed by atoms with Crippen LogP contribution in [0.2, 0.25) is 0 Å². The van der Waals surface area contributed by atoms with E-state index in [0.29, 0.717) is 6.42 Å². The van der Waals surface area contributed by atoms with Crippen LogP contribution in [0.4, 0.5) is 0 Å². The quantitative estimate of drug-likeness (QED) is 0.117. The highest BCUT2D eigenvalue weighted by molar-refractivity contribution is 5.66. The minimum atomic E-state index is -0.664. The van der Waals surface area contributed by atoms with Gasteiger partial charge in [0.2, 0.25) is 0 Å². The summed E-state index contributed by atoms with van der Waals surface area (Å²) >= 11 is 0. The number of hydrogen-bond acceptors (Lipinski definition) is 1. The van der Waals surface area contributed by atoms with E-state index in [9.17, 15) is 4.79 Å². The van der Waals surface area contributed by atoms with E-state index in [4.69, 9.17) is 5.11 Å². The molecule has 32 heavy (non-hydrogen) atoms. The molecule has 1 N–H and O–H groups in total. The largest absolute Gasteiger partial charge is 0.481 e. The summed E-state index contributed by atoms with van der Waals surface area (Å²) in [6.45, 7) is 6.82. The minimum Gasteiger partial charge on any atom is -0.481 e. The van der Waals surface area contributed by atoms with Crippen molar-refractivity contribution in [2.24, 2.45) is 0 Å². The summed E-state index contributed by atoms with van der Waals surface area (Å²) in [6.07, 6.45) is 35.7. The Morgan fingerprint density at radius 1 is 0.469 bits per heavy atom. The van der Waals surface area contributed by atoms with Crippen LogP contribution < -0.4 is 0 Å². The van der Waals surface area contributed by atoms with Crippen LogP contribution in [-0.2, 0) is 4.79 Å². The first-order valence-electron chi connectivity index (χ1n) is 14.6. The first kappa shape index (κ1) is 33.4. The van der Waals surface area contributed by atoms with Crippen LogP contribution in [0.1, 0.15) is 175 Å². The van der Waals surface area contributed by atoms with Crippen molar-refractivity contribution >= 4 is 5.97 Å². The maximum absolute atomic E-state index is 10.3. The Morgan fingerprint density at radius 3 is 1.06 bits per heavy atom. The lowest BCUT2D eigenvalue weighted by Gasteiger charge is -1.99. The lowest BCUT2D eigenvalue weighted by atomic mass is 10.1. The molecule has 2 nitrogen and oxygen atoms in total. The second-order valence-corrected chi connectivity index (χ2v) is 9.56. The molecule has 2 heteroatoms. The molecule has 0 aliphatic heterocycles. The molecule has 0 aliphatic rings. The van der Waals surface area contributed by atoms with Crippen LogP contribution in [0.25, 0.3) is 0 Å². The minimum absolute atomic E-state index is 0.332. The third kappa shape index (κ3) is 36.6. The molecule has 0 heterocycles. The molecule has 192 valence electrons. The number of carboxylic acid groups (broad SMARTS) is 1. The molecule has 0 spiro atoms. The third-order valence-electron chi connectivity index (χ3n) is 6.11. The van der Waals surface area contributed by atoms with Gasteiger partial charge in [-0.05, 0) is 32.1 Å². The van der Waals surface area contributed by atoms with Gasteiger partial charge in [-0.1, -0.05) is 148 Å². The Morgan fingerprint density at radius 2 is 0.750 bits per heavy atom. The maximum Gasteiger partial charge on any atom is 0.303 e. The van der Waals surface area contributed by atoms with E-state index < -0.39 is 5.97 Å². The molecular weight excluding hydrogens is 392 g/mol. The summed E-state index contributed by atoms with van der Waals surface area (Å²) < 4.78 is 0. The van der Waals surface area contributed by atoms with Crippen molar-refractivity contribution in [3.05, 3.63) is 12.2 Å². The summed E-state index contributed by atoms with van der Waals surface area (Å²) in [5.74, 6) is -0.664. The third-order valence-corrected chi connectivity index (χ3v) is 6.11. The predicted octanol–water partition coefficient (Wildman–Crippen LogP) is 11.0. The molecule has 0 aromatic heterocycles. The first-order valence-corrected chi connectivity index (χ1v) is 14.6. The molecule has 0 rings (SSSR count). The highest BCUT2D eigenvalue weighted by atomic mass is 16.4. The van der Waals surface area contributed by atoms with Gasteiger partial charge in [0.05, 0.1) is 0 Å². The number of aliphatic carboxylic acids is 1. The first-order chi connectivity index (χ1) is 15.7. The normalized spacial score (nSPS) is 11.0. The lowest BCUT2D eigenvalue weighted by Crippen LogP contribution is -1.93. The van der Waals surface area contributed by atoms with E-state index in [1.165, 1.54) is 135 Å². The van der Waals surface area contributed by atoms with Gasteiger partial charge < -0.3 is 5.11 Å². The molecule has 0 atom stereocenters. The van der Waals surface area contributed by atoms with Crippen LogP contribution in [0.5, 0.6) is 0 Å². The average molecular weight is 453 g/mol. The SMILES string of the molecule is CCCCCCCC/C=C\CCCCCCCC(=O)O.CCCCCCCCCCCC. The monoisotopic (exact) mass is 452 g/mol. The Balaban J connectivity index is 0. The predicted molar refractivity (Wildman–Crippen MR) is 145 cm³/mol. The smallest absolute Gasteiger partial charge is 0.303 e. The Hall–Kier alpha value is -0.790. The van der Waals surface area contributed by atoms with Gasteiger partial charge in [0.15, 0.2) is 0 Å². The number of carboxylic acids is 1. The molecule has 0 saturated carbocycles. The summed E-state index contributed by atoms with van der Waals surface area (Å²) in [5.41, 5.74) is 0. The fourth-order valence-corrected chi connectivity index (χ4v) is 3.91. The van der Waals surface area contributed by atoms with E-state index in [1.807, 2.05) is 0 Å². The Bertz CT molecular complexity index is 352. The Labute approximate surface area is 203 Å². The highest BCUT2D eigenvalue weighted by Gasteiger charge is 1.96. The molecule has 0 aliphatic carbocycles. The zero-order chi connectivity index (χ0) is 24.0. The van der Waals surface area contributed by atoms with Crippen molar-refractivity contribution in [2.75, 3.05) is 0 Å². The molecule has 0 saturated heterocycles. The zero-order valence-electron chi connectivity index (χ0n) is 22.5. The fraction of sp³-hybridized carbons (Fsp3) is 0.900. The van der Waals surface area contributed by atoms with Crippen LogP contribution in [0, 0.1) is 0 Å². The van der Waals surface area contributed by atoms with Crippen molar-refractivity contribution in [2.45, 2.75) is 175 Å². The summed E-state index contributed by atoms with van der Waals surface area (Å²) in [4.78, 5) is 10.3. The second kappa shape index (κ2) is 32.4. The summed E-state index contributed by atoms with van der Waals surface area (Å²) in [6, 6.07) is 0. The van der Waals surface area contributed by atoms with Gasteiger partial charge in [-0.25, -0.2) is 0 Å². The second-order valence-electron chi connectivity index (χ2n) is 9.56. The summed E-state index contributed by atoms with van der Waals surface area (Å²) in [5, 5.41) is 8.51. The summed E-state index contributed by atoms with van der Waals surface area (Å²) in [7, 11) is 0. The van der Waals surface area contributed by atoms with Gasteiger partial charge >= 0.3 is 5.97 Å². The zero-order valence-corrected chi connectivity index (χ0v) is 22.5. The van der Waals surface area contributed by atoms with Crippen LogP contribution >= 0.6 is 0 Å². The standard InChI is InChI=1S/C18H34O2.C12H26/c1-2-3-4-5-6-7-8-9-10-11-12-13-14-15-16-17-18(19)20;1-3-5-7-9-11-12-10-8-6-4-2/h9-10H,2-8,11-17H2,1H3,(H,19,20);3-12H2,1-2H3/b10-9-;. The molecule has 0 unspecified atom stereocenters. The lowest BCUT2D eigenvalue weighted by molar-refractivity contribution is -0.137. The fourth-order valence-electron chi connectivity index (χ4n) is 3.91. The van der Waals surface area contributed by atoms with Crippen LogP contribution in [0.15, 0.2) is 12.2 Å². The molecule has 0 radical (unpaired) electrons. The van der Waals surface area contributed by atoms with Gasteiger partial charge in [0.1, 0.15) is 0 Å². The van der Waals surface area contributed by atoms with E-state index in [0.717, 1.165) is 12.8 Å². The van der Waals surface area contributed by atoms with E-state index in [2.05, 4.69) is 32.9 Å². The van der Waals surface area contributed by atoms with Crippen molar-refractivity contribution in [1.29, 1.82) is 0 Å². The van der Waals surface area contributed by atoms with Crippen LogP contribution in [-0.4, -0.2) is 11.1 Å². The van der Waals surface area contributed by atoms with Crippen molar-refractivity contribution in [1.82, 2.24) is 0 Å². The highest BCUT2D eigenvalue weighted by Crippen LogP contribution is 2.11. The number of allylic oxidation sites excluding steroid dienone is 2. The molecule has 0 aromatic carbocycles. The molecule has 0 bridgehead atoms. The van der Waals surface area contributed by atoms with E-state index >= 15 is 0 Å². The van der Waals surface area contributed by atoms with Gasteiger partial charge in [0, 0.05) is 6.42 Å². The van der Waals surface area contributed by atoms with Crippen molar-refractivity contribution in [3.8, 4) is 0 Å². The number of carbonyl (C=O) groups is 1. The number of rotatable bonds is 24. The number of unbranched alkanes of at least 4 members (excludes halogenated alkanes) is 20. The maximum atomic E-state index is 10.3. The van der Waals surface area contributed by atoms with E-state index in [1.54, 1.807) is 0 Å². The van der Waals surface area contributed by atoms with Gasteiger partial charge in [-0.3, -0.25) is 4.79 Å². The van der Waals surface area contributed by atoms with Crippen molar-refractivity contribution < 1.29 is 9.90 Å². The average Bonchev–Trinajstić information content (AvgIpc) is 2.78. The number of hydrogen-bond donors (Lipinski definition) is 1. The topological polar surface area (TPSA) is 37.3 Å². The molecule has 0 amide bonds. The van der Waals surface area contributed by atoms with Crippen molar-refractivity contribution in [3.63, 3.8) is 0 Å². The van der Waals surface area contributed by atoms with Gasteiger partial charge in [-0.2, -0.15) is 0 Å². The Kier molecular flexibility index (Phi) is 33.8. The molecule has 0 aromatic rings. The van der Waals surface area contributed by atoms with Gasteiger partial charge in [0.25, 0.3) is 0 Å². The molecular formula is C30H60O2. The van der Waals surface area contributed by atoms with Crippen LogP contribution in [0.3, 0.4) is 0 Å². The van der Waals surface area contributed by atoms with E-state index in [-0.39, 0.29) is 0 Å². The molecule has 0 fully saturated rings. The van der Waals surface area contributed by atoms with Gasteiger partial charge in [-0.15, -0.1) is 0 Å².